The van der Waals surface area contributed by atoms with Crippen LogP contribution in [0.1, 0.15) is 23.2 Å². The van der Waals surface area contributed by atoms with Gasteiger partial charge in [0.25, 0.3) is 5.91 Å². The Balaban J connectivity index is 1.60. The third-order valence-corrected chi connectivity index (χ3v) is 8.59. The molecule has 1 fully saturated rings. The van der Waals surface area contributed by atoms with Crippen molar-refractivity contribution in [3.05, 3.63) is 47.8 Å². The lowest BCUT2D eigenvalue weighted by Gasteiger charge is -2.16. The summed E-state index contributed by atoms with van der Waals surface area (Å²) in [7, 11) is -3.96. The van der Waals surface area contributed by atoms with Crippen molar-refractivity contribution in [1.29, 1.82) is 0 Å². The number of anilines is 1. The molecule has 1 saturated heterocycles. The fourth-order valence-electron chi connectivity index (χ4n) is 3.18. The summed E-state index contributed by atoms with van der Waals surface area (Å²) in [5, 5.41) is 2.75. The monoisotopic (exact) mass is 451 g/mol. The number of thioether (sulfide) groups is 1. The zero-order valence-electron chi connectivity index (χ0n) is 15.5. The number of sulfonamides is 1. The number of halogens is 1. The molecule has 0 bridgehead atoms. The number of fused-ring (bicyclic) bond motifs is 1. The molecular formula is C19H18FN3O3S3. The van der Waals surface area contributed by atoms with Crippen molar-refractivity contribution in [3.63, 3.8) is 0 Å². The summed E-state index contributed by atoms with van der Waals surface area (Å²) in [4.78, 5) is 16.7. The third-order valence-electron chi connectivity index (χ3n) is 4.68. The van der Waals surface area contributed by atoms with Gasteiger partial charge in [-0.1, -0.05) is 11.8 Å². The molecule has 2 aromatic carbocycles. The summed E-state index contributed by atoms with van der Waals surface area (Å²) in [6.07, 6.45) is 3.45. The molecule has 0 atom stereocenters. The molecule has 1 aliphatic heterocycles. The maximum Gasteiger partial charge on any atom is 0.255 e. The van der Waals surface area contributed by atoms with Crippen LogP contribution in [-0.4, -0.2) is 43.0 Å². The van der Waals surface area contributed by atoms with Crippen LogP contribution in [-0.2, 0) is 10.0 Å². The number of hydrogen-bond acceptors (Lipinski definition) is 6. The Kier molecular flexibility index (Phi) is 5.60. The number of nitrogens with zero attached hydrogens (tertiary/aromatic N) is 2. The summed E-state index contributed by atoms with van der Waals surface area (Å²) in [5.41, 5.74) is 1.49. The molecule has 29 heavy (non-hydrogen) atoms. The quantitative estimate of drug-likeness (QED) is 0.589. The summed E-state index contributed by atoms with van der Waals surface area (Å²) >= 11 is 3.07. The third kappa shape index (κ3) is 4.02. The summed E-state index contributed by atoms with van der Waals surface area (Å²) in [6, 6.07) is 8.77. The van der Waals surface area contributed by atoms with Gasteiger partial charge >= 0.3 is 0 Å². The van der Waals surface area contributed by atoms with Crippen LogP contribution < -0.4 is 5.32 Å². The molecule has 10 heteroatoms. The second-order valence-electron chi connectivity index (χ2n) is 6.58. The highest BCUT2D eigenvalue weighted by molar-refractivity contribution is 8.00. The first-order chi connectivity index (χ1) is 13.9. The molecule has 0 spiro atoms. The highest BCUT2D eigenvalue weighted by atomic mass is 32.2. The second-order valence-corrected chi connectivity index (χ2v) is 10.6. The summed E-state index contributed by atoms with van der Waals surface area (Å²) in [6.45, 7) is 0.732. The van der Waals surface area contributed by atoms with E-state index in [0.717, 1.165) is 39.5 Å². The van der Waals surface area contributed by atoms with E-state index in [1.807, 2.05) is 18.4 Å². The van der Waals surface area contributed by atoms with Crippen LogP contribution in [0.15, 0.2) is 45.6 Å². The summed E-state index contributed by atoms with van der Waals surface area (Å²) in [5.74, 6) is -1.36. The van der Waals surface area contributed by atoms with Crippen LogP contribution in [0.2, 0.25) is 0 Å². The first kappa shape index (κ1) is 20.3. The maximum absolute atomic E-state index is 14.3. The van der Waals surface area contributed by atoms with E-state index >= 15 is 0 Å². The number of nitrogens with one attached hydrogen (secondary N) is 1. The molecule has 0 aliphatic carbocycles. The van der Waals surface area contributed by atoms with Crippen LogP contribution in [0.5, 0.6) is 0 Å². The predicted octanol–water partition coefficient (Wildman–Crippen LogP) is 4.19. The average Bonchev–Trinajstić information content (AvgIpc) is 3.37. The Hall–Kier alpha value is -2.01. The Morgan fingerprint density at radius 2 is 1.97 bits per heavy atom. The van der Waals surface area contributed by atoms with Gasteiger partial charge in [0.05, 0.1) is 10.2 Å². The normalized spacial score (nSPS) is 15.1. The van der Waals surface area contributed by atoms with E-state index in [1.54, 1.807) is 17.8 Å². The lowest BCUT2D eigenvalue weighted by molar-refractivity contribution is 0.102. The number of carbonyl (C=O) groups is 1. The zero-order chi connectivity index (χ0) is 20.6. The Morgan fingerprint density at radius 1 is 1.21 bits per heavy atom. The number of amides is 1. The van der Waals surface area contributed by atoms with E-state index < -0.39 is 26.6 Å². The van der Waals surface area contributed by atoms with Crippen molar-refractivity contribution in [2.45, 2.75) is 22.1 Å². The van der Waals surface area contributed by atoms with Gasteiger partial charge in [0.15, 0.2) is 4.34 Å². The largest absolute Gasteiger partial charge is 0.322 e. The topological polar surface area (TPSA) is 79.4 Å². The van der Waals surface area contributed by atoms with E-state index in [9.17, 15) is 17.6 Å². The minimum absolute atomic E-state index is 0.0818. The first-order valence-electron chi connectivity index (χ1n) is 8.94. The predicted molar refractivity (Wildman–Crippen MR) is 114 cm³/mol. The van der Waals surface area contributed by atoms with Crippen LogP contribution in [0.3, 0.4) is 0 Å². The van der Waals surface area contributed by atoms with Gasteiger partial charge in [0.2, 0.25) is 10.0 Å². The molecule has 1 aromatic heterocycles. The number of aromatic nitrogens is 1. The van der Waals surface area contributed by atoms with E-state index in [-0.39, 0.29) is 5.56 Å². The van der Waals surface area contributed by atoms with Gasteiger partial charge in [-0.25, -0.2) is 17.8 Å². The minimum Gasteiger partial charge on any atom is -0.322 e. The van der Waals surface area contributed by atoms with Crippen LogP contribution in [0.4, 0.5) is 10.1 Å². The van der Waals surface area contributed by atoms with Crippen molar-refractivity contribution in [2.75, 3.05) is 24.7 Å². The fourth-order valence-corrected chi connectivity index (χ4v) is 6.32. The zero-order valence-corrected chi connectivity index (χ0v) is 18.0. The Bertz CT molecular complexity index is 1190. The molecule has 3 aromatic rings. The van der Waals surface area contributed by atoms with Crippen molar-refractivity contribution in [3.8, 4) is 0 Å². The van der Waals surface area contributed by atoms with Crippen LogP contribution in [0.25, 0.3) is 10.2 Å². The molecule has 2 heterocycles. The lowest BCUT2D eigenvalue weighted by atomic mass is 10.2. The standard InChI is InChI=1S/C19H18FN3O3S3/c1-27-19-22-15-7-5-13(11-16(15)28-19)21-18(24)12-4-6-14(20)17(10-12)29(25,26)23-8-2-3-9-23/h4-7,10-11H,2-3,8-9H2,1H3,(H,21,24). The van der Waals surface area contributed by atoms with Crippen LogP contribution in [0, 0.1) is 5.82 Å². The fraction of sp³-hybridized carbons (Fsp3) is 0.263. The Labute approximate surface area is 176 Å². The number of rotatable bonds is 5. The molecule has 1 amide bonds. The van der Waals surface area contributed by atoms with Gasteiger partial charge in [-0.05, 0) is 55.5 Å². The van der Waals surface area contributed by atoms with E-state index in [1.165, 1.54) is 21.7 Å². The van der Waals surface area contributed by atoms with Gasteiger partial charge in [-0.2, -0.15) is 4.31 Å². The van der Waals surface area contributed by atoms with Crippen LogP contribution >= 0.6 is 23.1 Å². The average molecular weight is 452 g/mol. The molecule has 1 aliphatic rings. The van der Waals surface area contributed by atoms with E-state index in [2.05, 4.69) is 10.3 Å². The number of benzene rings is 2. The highest BCUT2D eigenvalue weighted by Crippen LogP contribution is 2.30. The van der Waals surface area contributed by atoms with Gasteiger partial charge in [0, 0.05) is 24.3 Å². The number of carbonyl (C=O) groups excluding carboxylic acids is 1. The molecule has 0 unspecified atom stereocenters. The van der Waals surface area contributed by atoms with E-state index in [0.29, 0.717) is 18.8 Å². The van der Waals surface area contributed by atoms with E-state index in [4.69, 9.17) is 0 Å². The molecule has 152 valence electrons. The highest BCUT2D eigenvalue weighted by Gasteiger charge is 2.30. The maximum atomic E-state index is 14.3. The number of hydrogen-bond donors (Lipinski definition) is 1. The van der Waals surface area contributed by atoms with Gasteiger partial charge < -0.3 is 5.32 Å². The molecule has 1 N–H and O–H groups in total. The molecule has 0 radical (unpaired) electrons. The summed E-state index contributed by atoms with van der Waals surface area (Å²) < 4.78 is 42.8. The first-order valence-corrected chi connectivity index (χ1v) is 12.4. The molecule has 0 saturated carbocycles. The van der Waals surface area contributed by atoms with Crippen molar-refractivity contribution in [1.82, 2.24) is 9.29 Å². The minimum atomic E-state index is -3.96. The van der Waals surface area contributed by atoms with Gasteiger partial charge in [0.1, 0.15) is 10.7 Å². The van der Waals surface area contributed by atoms with Gasteiger partial charge in [-0.15, -0.1) is 11.3 Å². The Morgan fingerprint density at radius 3 is 2.69 bits per heavy atom. The smallest absolute Gasteiger partial charge is 0.255 e. The lowest BCUT2D eigenvalue weighted by Crippen LogP contribution is -2.29. The molecule has 6 nitrogen and oxygen atoms in total. The SMILES string of the molecule is CSc1nc2ccc(NC(=O)c3ccc(F)c(S(=O)(=O)N4CCCC4)c3)cc2s1. The van der Waals surface area contributed by atoms with Crippen molar-refractivity contribution < 1.29 is 17.6 Å². The molecule has 4 rings (SSSR count). The molecular weight excluding hydrogens is 433 g/mol. The number of thiazole rings is 1. The second kappa shape index (κ2) is 8.02. The van der Waals surface area contributed by atoms with Crippen molar-refractivity contribution in [2.24, 2.45) is 0 Å². The van der Waals surface area contributed by atoms with Gasteiger partial charge in [-0.3, -0.25) is 4.79 Å². The van der Waals surface area contributed by atoms with Crippen molar-refractivity contribution >= 4 is 54.9 Å².